The number of benzene rings is 2. The fourth-order valence-electron chi connectivity index (χ4n) is 2.50. The summed E-state index contributed by atoms with van der Waals surface area (Å²) in [6, 6.07) is 15.4. The Labute approximate surface area is 157 Å². The topological polar surface area (TPSA) is 63.2 Å². The average molecular weight is 367 g/mol. The standard InChI is InChI=1S/C20H21N3O2S/c1-4-25-17-10-8-15(9-11-17)22-19(24)18-14(3)21-20(26-18)23-16-7-5-6-13(2)12-16/h5-12H,4H2,1-3H3,(H,21,23)(H,22,24). The van der Waals surface area contributed by atoms with Crippen LogP contribution in [0.2, 0.25) is 0 Å². The number of rotatable bonds is 6. The lowest BCUT2D eigenvalue weighted by atomic mass is 10.2. The summed E-state index contributed by atoms with van der Waals surface area (Å²) < 4.78 is 5.41. The third-order valence-corrected chi connectivity index (χ3v) is 4.77. The zero-order valence-electron chi connectivity index (χ0n) is 15.0. The van der Waals surface area contributed by atoms with Crippen LogP contribution in [0.4, 0.5) is 16.5 Å². The fourth-order valence-corrected chi connectivity index (χ4v) is 3.38. The Kier molecular flexibility index (Phi) is 5.53. The molecule has 0 saturated carbocycles. The lowest BCUT2D eigenvalue weighted by Crippen LogP contribution is -2.11. The van der Waals surface area contributed by atoms with Gasteiger partial charge in [0.25, 0.3) is 5.91 Å². The van der Waals surface area contributed by atoms with Crippen molar-refractivity contribution >= 4 is 33.8 Å². The van der Waals surface area contributed by atoms with Crippen molar-refractivity contribution in [2.24, 2.45) is 0 Å². The van der Waals surface area contributed by atoms with E-state index < -0.39 is 0 Å². The van der Waals surface area contributed by atoms with Crippen LogP contribution in [-0.2, 0) is 0 Å². The van der Waals surface area contributed by atoms with Gasteiger partial charge >= 0.3 is 0 Å². The highest BCUT2D eigenvalue weighted by atomic mass is 32.1. The summed E-state index contributed by atoms with van der Waals surface area (Å²) in [6.07, 6.45) is 0. The summed E-state index contributed by atoms with van der Waals surface area (Å²) >= 11 is 1.34. The zero-order valence-corrected chi connectivity index (χ0v) is 15.8. The van der Waals surface area contributed by atoms with Gasteiger partial charge in [0, 0.05) is 11.4 Å². The Bertz CT molecular complexity index is 904. The molecule has 26 heavy (non-hydrogen) atoms. The lowest BCUT2D eigenvalue weighted by molar-refractivity contribution is 0.103. The van der Waals surface area contributed by atoms with E-state index in [2.05, 4.69) is 15.6 Å². The largest absolute Gasteiger partial charge is 0.494 e. The molecule has 0 aliphatic carbocycles. The molecule has 1 aromatic heterocycles. The maximum absolute atomic E-state index is 12.6. The quantitative estimate of drug-likeness (QED) is 0.632. The Balaban J connectivity index is 1.70. The maximum Gasteiger partial charge on any atom is 0.267 e. The van der Waals surface area contributed by atoms with Gasteiger partial charge in [-0.25, -0.2) is 4.98 Å². The van der Waals surface area contributed by atoms with Gasteiger partial charge < -0.3 is 15.4 Å². The molecule has 3 aromatic rings. The van der Waals surface area contributed by atoms with Gasteiger partial charge in [0.2, 0.25) is 0 Å². The molecule has 0 atom stereocenters. The van der Waals surface area contributed by atoms with E-state index in [0.29, 0.717) is 22.3 Å². The van der Waals surface area contributed by atoms with Gasteiger partial charge in [0.15, 0.2) is 5.13 Å². The summed E-state index contributed by atoms with van der Waals surface area (Å²) in [5.41, 5.74) is 3.54. The first kappa shape index (κ1) is 17.9. The Morgan fingerprint density at radius 3 is 2.58 bits per heavy atom. The molecule has 0 unspecified atom stereocenters. The first-order valence-corrected chi connectivity index (χ1v) is 9.22. The van der Waals surface area contributed by atoms with Gasteiger partial charge in [-0.05, 0) is 62.7 Å². The Hall–Kier alpha value is -2.86. The molecule has 2 aromatic carbocycles. The molecule has 0 spiro atoms. The van der Waals surface area contributed by atoms with Crippen LogP contribution in [0, 0.1) is 13.8 Å². The number of aromatic nitrogens is 1. The molecule has 1 amide bonds. The SMILES string of the molecule is CCOc1ccc(NC(=O)c2sc(Nc3cccc(C)c3)nc2C)cc1. The highest BCUT2D eigenvalue weighted by molar-refractivity contribution is 7.17. The minimum absolute atomic E-state index is 0.165. The number of nitrogens with one attached hydrogen (secondary N) is 2. The van der Waals surface area contributed by atoms with Crippen molar-refractivity contribution in [3.8, 4) is 5.75 Å². The van der Waals surface area contributed by atoms with E-state index in [1.54, 1.807) is 0 Å². The minimum atomic E-state index is -0.165. The summed E-state index contributed by atoms with van der Waals surface area (Å²) in [6.45, 7) is 6.42. The number of nitrogens with zero attached hydrogens (tertiary/aromatic N) is 1. The summed E-state index contributed by atoms with van der Waals surface area (Å²) in [4.78, 5) is 17.6. The second-order valence-corrected chi connectivity index (χ2v) is 6.84. The molecule has 0 aliphatic heterocycles. The second kappa shape index (κ2) is 8.01. The van der Waals surface area contributed by atoms with E-state index >= 15 is 0 Å². The zero-order chi connectivity index (χ0) is 18.5. The molecule has 5 nitrogen and oxygen atoms in total. The number of hydrogen-bond acceptors (Lipinski definition) is 5. The van der Waals surface area contributed by atoms with Gasteiger partial charge in [0.1, 0.15) is 10.6 Å². The number of anilines is 3. The van der Waals surface area contributed by atoms with Crippen molar-refractivity contribution in [1.29, 1.82) is 0 Å². The molecule has 0 bridgehead atoms. The molecule has 1 heterocycles. The summed E-state index contributed by atoms with van der Waals surface area (Å²) in [5, 5.41) is 6.86. The van der Waals surface area contributed by atoms with Crippen LogP contribution in [0.5, 0.6) is 5.75 Å². The smallest absolute Gasteiger partial charge is 0.267 e. The van der Waals surface area contributed by atoms with Gasteiger partial charge in [-0.3, -0.25) is 4.79 Å². The molecule has 134 valence electrons. The van der Waals surface area contributed by atoms with E-state index in [4.69, 9.17) is 4.74 Å². The Morgan fingerprint density at radius 1 is 1.12 bits per heavy atom. The normalized spacial score (nSPS) is 10.4. The summed E-state index contributed by atoms with van der Waals surface area (Å²) in [5.74, 6) is 0.616. The van der Waals surface area contributed by atoms with Crippen LogP contribution >= 0.6 is 11.3 Å². The first-order chi connectivity index (χ1) is 12.5. The Morgan fingerprint density at radius 2 is 1.88 bits per heavy atom. The van der Waals surface area contributed by atoms with Crippen molar-refractivity contribution in [2.45, 2.75) is 20.8 Å². The van der Waals surface area contributed by atoms with Crippen LogP contribution in [0.1, 0.15) is 27.9 Å². The number of thiazole rings is 1. The maximum atomic E-state index is 12.6. The van der Waals surface area contributed by atoms with Crippen LogP contribution in [-0.4, -0.2) is 17.5 Å². The number of amides is 1. The number of aryl methyl sites for hydroxylation is 2. The minimum Gasteiger partial charge on any atom is -0.494 e. The lowest BCUT2D eigenvalue weighted by Gasteiger charge is -2.06. The van der Waals surface area contributed by atoms with Crippen molar-refractivity contribution in [3.05, 3.63) is 64.7 Å². The van der Waals surface area contributed by atoms with E-state index in [0.717, 1.165) is 22.7 Å². The number of ether oxygens (including phenoxy) is 1. The predicted octanol–water partition coefficient (Wildman–Crippen LogP) is 5.15. The molecule has 3 rings (SSSR count). The van der Waals surface area contributed by atoms with E-state index in [1.807, 2.05) is 69.3 Å². The first-order valence-electron chi connectivity index (χ1n) is 8.40. The number of carbonyl (C=O) groups is 1. The molecule has 2 N–H and O–H groups in total. The van der Waals surface area contributed by atoms with Crippen LogP contribution in [0.3, 0.4) is 0 Å². The fraction of sp³-hybridized carbons (Fsp3) is 0.200. The van der Waals surface area contributed by atoms with Crippen LogP contribution in [0.15, 0.2) is 48.5 Å². The predicted molar refractivity (Wildman–Crippen MR) is 107 cm³/mol. The van der Waals surface area contributed by atoms with E-state index in [-0.39, 0.29) is 5.91 Å². The summed E-state index contributed by atoms with van der Waals surface area (Å²) in [7, 11) is 0. The highest BCUT2D eigenvalue weighted by Gasteiger charge is 2.16. The van der Waals surface area contributed by atoms with Crippen LogP contribution < -0.4 is 15.4 Å². The third-order valence-electron chi connectivity index (χ3n) is 3.70. The second-order valence-electron chi connectivity index (χ2n) is 5.84. The van der Waals surface area contributed by atoms with Gasteiger partial charge in [-0.15, -0.1) is 0 Å². The third kappa shape index (κ3) is 4.40. The van der Waals surface area contributed by atoms with Crippen molar-refractivity contribution in [3.63, 3.8) is 0 Å². The monoisotopic (exact) mass is 367 g/mol. The van der Waals surface area contributed by atoms with E-state index in [9.17, 15) is 4.79 Å². The van der Waals surface area contributed by atoms with Crippen molar-refractivity contribution < 1.29 is 9.53 Å². The highest BCUT2D eigenvalue weighted by Crippen LogP contribution is 2.27. The van der Waals surface area contributed by atoms with Gasteiger partial charge in [-0.2, -0.15) is 0 Å². The number of carbonyl (C=O) groups excluding carboxylic acids is 1. The molecule has 0 saturated heterocycles. The molecule has 0 radical (unpaired) electrons. The number of hydrogen-bond donors (Lipinski definition) is 2. The molecule has 0 fully saturated rings. The molecule has 0 aliphatic rings. The molecular formula is C20H21N3O2S. The van der Waals surface area contributed by atoms with Crippen molar-refractivity contribution in [1.82, 2.24) is 4.98 Å². The molecule has 6 heteroatoms. The molecular weight excluding hydrogens is 346 g/mol. The van der Waals surface area contributed by atoms with E-state index in [1.165, 1.54) is 11.3 Å². The van der Waals surface area contributed by atoms with Gasteiger partial charge in [0.05, 0.1) is 12.3 Å². The average Bonchev–Trinajstić information content (AvgIpc) is 2.97. The van der Waals surface area contributed by atoms with Crippen LogP contribution in [0.25, 0.3) is 0 Å². The van der Waals surface area contributed by atoms with Gasteiger partial charge in [-0.1, -0.05) is 23.5 Å². The van der Waals surface area contributed by atoms with Crippen molar-refractivity contribution in [2.75, 3.05) is 17.2 Å².